The number of halogens is 5. The van der Waals surface area contributed by atoms with Crippen LogP contribution in [0.5, 0.6) is 5.75 Å². The lowest BCUT2D eigenvalue weighted by molar-refractivity contribution is -0.137. The number of carbonyl (C=O) groups is 2. The molecule has 2 N–H and O–H groups in total. The number of nitrogens with one attached hydrogen (secondary N) is 2. The van der Waals surface area contributed by atoms with Gasteiger partial charge in [0.15, 0.2) is 0 Å². The van der Waals surface area contributed by atoms with Crippen molar-refractivity contribution in [2.75, 3.05) is 5.32 Å². The number of nitrogens with zero attached hydrogens (tertiary/aromatic N) is 1. The topological polar surface area (TPSA) is 79.8 Å². The molecule has 2 amide bonds. The molecule has 0 saturated carbocycles. The van der Waals surface area contributed by atoms with Crippen LogP contribution in [0.1, 0.15) is 16.7 Å². The number of amides is 2. The van der Waals surface area contributed by atoms with Crippen LogP contribution in [0.25, 0.3) is 0 Å². The van der Waals surface area contributed by atoms with Crippen LogP contribution >= 0.6 is 23.2 Å². The van der Waals surface area contributed by atoms with Gasteiger partial charge in [-0.1, -0.05) is 47.5 Å². The molecule has 0 aliphatic carbocycles. The molecule has 0 radical (unpaired) electrons. The highest BCUT2D eigenvalue weighted by Gasteiger charge is 2.30. The fourth-order valence-electron chi connectivity index (χ4n) is 2.69. The normalized spacial score (nSPS) is 11.3. The van der Waals surface area contributed by atoms with E-state index in [9.17, 15) is 22.8 Å². The number of alkyl halides is 3. The van der Waals surface area contributed by atoms with E-state index in [1.807, 2.05) is 5.43 Å². The Kier molecular flexibility index (Phi) is 8.14. The first-order valence-electron chi connectivity index (χ1n) is 9.61. The van der Waals surface area contributed by atoms with E-state index in [2.05, 4.69) is 10.4 Å². The molecule has 0 aliphatic heterocycles. The standard InChI is InChI=1S/C23H16Cl2F3N3O3/c24-19-8-3-9-20(25)18(19)13-34-17-7-1-4-14(10-17)12-29-31-22(33)21(32)30-16-6-2-5-15(11-16)23(26,27)28/h1-12H,13H2,(H,30,32)(H,31,33)/b29-12+. The Labute approximate surface area is 202 Å². The zero-order valence-electron chi connectivity index (χ0n) is 17.2. The van der Waals surface area contributed by atoms with Crippen LogP contribution in [0.3, 0.4) is 0 Å². The van der Waals surface area contributed by atoms with Crippen LogP contribution in [-0.2, 0) is 22.4 Å². The average molecular weight is 510 g/mol. The zero-order valence-corrected chi connectivity index (χ0v) is 18.7. The molecule has 0 unspecified atom stereocenters. The van der Waals surface area contributed by atoms with Crippen LogP contribution < -0.4 is 15.5 Å². The summed E-state index contributed by atoms with van der Waals surface area (Å²) >= 11 is 12.2. The van der Waals surface area contributed by atoms with Gasteiger partial charge in [0.25, 0.3) is 0 Å². The molecule has 0 aromatic heterocycles. The number of anilines is 1. The second-order valence-corrected chi connectivity index (χ2v) is 7.61. The molecule has 3 aromatic rings. The fraction of sp³-hybridized carbons (Fsp3) is 0.0870. The van der Waals surface area contributed by atoms with Gasteiger partial charge in [0, 0.05) is 21.3 Å². The Morgan fingerprint density at radius 1 is 0.941 bits per heavy atom. The van der Waals surface area contributed by atoms with Crippen molar-refractivity contribution in [3.63, 3.8) is 0 Å². The smallest absolute Gasteiger partial charge is 0.416 e. The quantitative estimate of drug-likeness (QED) is 0.255. The number of rotatable bonds is 6. The van der Waals surface area contributed by atoms with Crippen LogP contribution in [0.4, 0.5) is 18.9 Å². The molecule has 0 spiro atoms. The van der Waals surface area contributed by atoms with E-state index in [0.29, 0.717) is 26.9 Å². The monoisotopic (exact) mass is 509 g/mol. The largest absolute Gasteiger partial charge is 0.489 e. The van der Waals surface area contributed by atoms with Gasteiger partial charge in [-0.3, -0.25) is 9.59 Å². The Morgan fingerprint density at radius 2 is 1.62 bits per heavy atom. The van der Waals surface area contributed by atoms with Gasteiger partial charge < -0.3 is 10.1 Å². The van der Waals surface area contributed by atoms with Crippen molar-refractivity contribution < 1.29 is 27.5 Å². The van der Waals surface area contributed by atoms with E-state index in [-0.39, 0.29) is 12.3 Å². The molecular formula is C23H16Cl2F3N3O3. The lowest BCUT2D eigenvalue weighted by Crippen LogP contribution is -2.32. The van der Waals surface area contributed by atoms with Crippen molar-refractivity contribution in [2.24, 2.45) is 5.10 Å². The van der Waals surface area contributed by atoms with Gasteiger partial charge in [-0.05, 0) is 48.0 Å². The molecule has 3 rings (SSSR count). The molecule has 0 fully saturated rings. The van der Waals surface area contributed by atoms with E-state index in [0.717, 1.165) is 18.2 Å². The number of hydrogen-bond donors (Lipinski definition) is 2. The van der Waals surface area contributed by atoms with Crippen molar-refractivity contribution >= 4 is 46.9 Å². The van der Waals surface area contributed by atoms with Crippen LogP contribution in [0.15, 0.2) is 71.8 Å². The summed E-state index contributed by atoms with van der Waals surface area (Å²) in [6.45, 7) is 0.131. The average Bonchev–Trinajstić information content (AvgIpc) is 2.78. The molecule has 0 bridgehead atoms. The number of benzene rings is 3. The Morgan fingerprint density at radius 3 is 2.32 bits per heavy atom. The minimum Gasteiger partial charge on any atom is -0.489 e. The third-order valence-electron chi connectivity index (χ3n) is 4.34. The summed E-state index contributed by atoms with van der Waals surface area (Å²) in [7, 11) is 0. The van der Waals surface area contributed by atoms with Gasteiger partial charge >= 0.3 is 18.0 Å². The summed E-state index contributed by atoms with van der Waals surface area (Å²) in [5.74, 6) is -1.85. The second-order valence-electron chi connectivity index (χ2n) is 6.79. The maximum absolute atomic E-state index is 12.8. The SMILES string of the molecule is O=C(N/N=C/c1cccc(OCc2c(Cl)cccc2Cl)c1)C(=O)Nc1cccc(C(F)(F)F)c1. The predicted octanol–water partition coefficient (Wildman–Crippen LogP) is 5.68. The van der Waals surface area contributed by atoms with E-state index >= 15 is 0 Å². The number of ether oxygens (including phenoxy) is 1. The van der Waals surface area contributed by atoms with Crippen LogP contribution in [-0.4, -0.2) is 18.0 Å². The first-order chi connectivity index (χ1) is 16.1. The van der Waals surface area contributed by atoms with Crippen molar-refractivity contribution in [3.05, 3.63) is 93.5 Å². The molecular weight excluding hydrogens is 494 g/mol. The van der Waals surface area contributed by atoms with Crippen molar-refractivity contribution in [2.45, 2.75) is 12.8 Å². The third-order valence-corrected chi connectivity index (χ3v) is 5.04. The number of hydrogen-bond acceptors (Lipinski definition) is 4. The summed E-state index contributed by atoms with van der Waals surface area (Å²) in [6, 6.07) is 15.7. The molecule has 11 heteroatoms. The van der Waals surface area contributed by atoms with Gasteiger partial charge in [-0.15, -0.1) is 0 Å². The summed E-state index contributed by atoms with van der Waals surface area (Å²) in [4.78, 5) is 23.8. The fourth-order valence-corrected chi connectivity index (χ4v) is 3.19. The molecule has 3 aromatic carbocycles. The molecule has 6 nitrogen and oxygen atoms in total. The lowest BCUT2D eigenvalue weighted by Gasteiger charge is -2.10. The van der Waals surface area contributed by atoms with Crippen molar-refractivity contribution in [3.8, 4) is 5.75 Å². The van der Waals surface area contributed by atoms with E-state index < -0.39 is 23.6 Å². The minimum absolute atomic E-state index is 0.131. The molecule has 0 heterocycles. The van der Waals surface area contributed by atoms with E-state index in [4.69, 9.17) is 27.9 Å². The maximum Gasteiger partial charge on any atom is 0.416 e. The second kappa shape index (κ2) is 11.0. The van der Waals surface area contributed by atoms with E-state index in [1.54, 1.807) is 42.5 Å². The highest BCUT2D eigenvalue weighted by Crippen LogP contribution is 2.30. The number of carbonyl (C=O) groups excluding carboxylic acids is 2. The van der Waals surface area contributed by atoms with Crippen molar-refractivity contribution in [1.82, 2.24) is 5.43 Å². The molecule has 0 aliphatic rings. The van der Waals surface area contributed by atoms with Gasteiger partial charge in [-0.25, -0.2) is 5.43 Å². The van der Waals surface area contributed by atoms with Crippen LogP contribution in [0.2, 0.25) is 10.0 Å². The van der Waals surface area contributed by atoms with E-state index in [1.165, 1.54) is 12.3 Å². The first-order valence-corrected chi connectivity index (χ1v) is 10.4. The highest BCUT2D eigenvalue weighted by molar-refractivity contribution is 6.39. The van der Waals surface area contributed by atoms with Gasteiger partial charge in [0.1, 0.15) is 12.4 Å². The van der Waals surface area contributed by atoms with Gasteiger partial charge in [0.2, 0.25) is 0 Å². The predicted molar refractivity (Wildman–Crippen MR) is 123 cm³/mol. The lowest BCUT2D eigenvalue weighted by atomic mass is 10.2. The highest BCUT2D eigenvalue weighted by atomic mass is 35.5. The molecule has 176 valence electrons. The first kappa shape index (κ1) is 25.1. The zero-order chi connectivity index (χ0) is 24.7. The Bertz CT molecular complexity index is 1210. The summed E-state index contributed by atoms with van der Waals surface area (Å²) in [5.41, 5.74) is 2.05. The summed E-state index contributed by atoms with van der Waals surface area (Å²) < 4.78 is 44.0. The molecule has 0 saturated heterocycles. The summed E-state index contributed by atoms with van der Waals surface area (Å²) in [6.07, 6.45) is -3.31. The minimum atomic E-state index is -4.58. The molecule has 0 atom stereocenters. The molecule has 34 heavy (non-hydrogen) atoms. The van der Waals surface area contributed by atoms with Crippen molar-refractivity contribution in [1.29, 1.82) is 0 Å². The van der Waals surface area contributed by atoms with Gasteiger partial charge in [-0.2, -0.15) is 18.3 Å². The third kappa shape index (κ3) is 6.97. The van der Waals surface area contributed by atoms with Crippen LogP contribution in [0, 0.1) is 0 Å². The Balaban J connectivity index is 1.56. The summed E-state index contributed by atoms with van der Waals surface area (Å²) in [5, 5.41) is 6.71. The maximum atomic E-state index is 12.8. The van der Waals surface area contributed by atoms with Gasteiger partial charge in [0.05, 0.1) is 11.8 Å². The Hall–Kier alpha value is -3.56. The number of hydrazone groups is 1.